The van der Waals surface area contributed by atoms with Crippen LogP contribution in [0.2, 0.25) is 0 Å². The van der Waals surface area contributed by atoms with Gasteiger partial charge in [0.05, 0.1) is 0 Å². The van der Waals surface area contributed by atoms with Crippen molar-refractivity contribution in [2.45, 2.75) is 39.7 Å². The number of nitrogens with two attached hydrogens (primary N) is 1. The van der Waals surface area contributed by atoms with E-state index < -0.39 is 0 Å². The van der Waals surface area contributed by atoms with Crippen LogP contribution in [-0.4, -0.2) is 0 Å². The highest BCUT2D eigenvalue weighted by atomic mass is 15.2. The highest BCUT2D eigenvalue weighted by Gasteiger charge is 2.10. The Hall–Kier alpha value is -1.30. The van der Waals surface area contributed by atoms with Gasteiger partial charge in [0.1, 0.15) is 0 Å². The van der Waals surface area contributed by atoms with Crippen LogP contribution in [0.15, 0.2) is 18.2 Å². The fourth-order valence-electron chi connectivity index (χ4n) is 1.89. The summed E-state index contributed by atoms with van der Waals surface area (Å²) in [5.74, 6) is 11.6. The number of hydrogen-bond donors (Lipinski definition) is 2. The van der Waals surface area contributed by atoms with Crippen LogP contribution in [0, 0.1) is 25.7 Å². The molecule has 0 bridgehead atoms. The summed E-state index contributed by atoms with van der Waals surface area (Å²) in [6, 6.07) is 6.65. The Morgan fingerprint density at radius 2 is 2.12 bits per heavy atom. The quantitative estimate of drug-likeness (QED) is 0.461. The first kappa shape index (κ1) is 12.8. The SMILES string of the molecule is CC#CCCC(NN)c1ccc(C)cc1C. The highest BCUT2D eigenvalue weighted by Crippen LogP contribution is 2.22. The van der Waals surface area contributed by atoms with Crippen LogP contribution >= 0.6 is 0 Å². The lowest BCUT2D eigenvalue weighted by atomic mass is 9.96. The van der Waals surface area contributed by atoms with Crippen LogP contribution < -0.4 is 11.3 Å². The van der Waals surface area contributed by atoms with E-state index in [0.717, 1.165) is 12.8 Å². The molecule has 0 spiro atoms. The zero-order valence-electron chi connectivity index (χ0n) is 10.3. The largest absolute Gasteiger partial charge is 0.271 e. The summed E-state index contributed by atoms with van der Waals surface area (Å²) in [5, 5.41) is 0. The van der Waals surface area contributed by atoms with Gasteiger partial charge in [0, 0.05) is 12.5 Å². The van der Waals surface area contributed by atoms with Gasteiger partial charge in [0.2, 0.25) is 0 Å². The molecule has 1 rings (SSSR count). The van der Waals surface area contributed by atoms with Gasteiger partial charge < -0.3 is 0 Å². The molecular weight excluding hydrogens is 196 g/mol. The third-order valence-corrected chi connectivity index (χ3v) is 2.74. The van der Waals surface area contributed by atoms with E-state index >= 15 is 0 Å². The number of hydrogen-bond acceptors (Lipinski definition) is 2. The van der Waals surface area contributed by atoms with Crippen LogP contribution in [0.1, 0.15) is 42.5 Å². The normalized spacial score (nSPS) is 11.8. The van der Waals surface area contributed by atoms with Crippen molar-refractivity contribution in [3.63, 3.8) is 0 Å². The van der Waals surface area contributed by atoms with E-state index in [-0.39, 0.29) is 6.04 Å². The standard InChI is InChI=1S/C14H20N2/c1-4-5-6-7-14(16-15)13-9-8-11(2)10-12(13)3/h8-10,14,16H,6-7,15H2,1-3H3. The van der Waals surface area contributed by atoms with Crippen molar-refractivity contribution in [3.8, 4) is 11.8 Å². The van der Waals surface area contributed by atoms with Crippen molar-refractivity contribution in [3.05, 3.63) is 34.9 Å². The molecule has 86 valence electrons. The van der Waals surface area contributed by atoms with Crippen LogP contribution in [0.25, 0.3) is 0 Å². The summed E-state index contributed by atoms with van der Waals surface area (Å²) >= 11 is 0. The lowest BCUT2D eigenvalue weighted by Gasteiger charge is -2.17. The van der Waals surface area contributed by atoms with E-state index in [9.17, 15) is 0 Å². The summed E-state index contributed by atoms with van der Waals surface area (Å²) in [6.45, 7) is 6.09. The number of rotatable bonds is 4. The van der Waals surface area contributed by atoms with Crippen molar-refractivity contribution in [1.29, 1.82) is 0 Å². The highest BCUT2D eigenvalue weighted by molar-refractivity contribution is 5.32. The van der Waals surface area contributed by atoms with Crippen LogP contribution in [0.5, 0.6) is 0 Å². The fourth-order valence-corrected chi connectivity index (χ4v) is 1.89. The molecule has 1 aromatic carbocycles. The summed E-state index contributed by atoms with van der Waals surface area (Å²) in [7, 11) is 0. The summed E-state index contributed by atoms with van der Waals surface area (Å²) in [4.78, 5) is 0. The maximum absolute atomic E-state index is 5.60. The predicted octanol–water partition coefficient (Wildman–Crippen LogP) is 2.61. The van der Waals surface area contributed by atoms with Crippen molar-refractivity contribution in [2.75, 3.05) is 0 Å². The minimum absolute atomic E-state index is 0.196. The number of nitrogens with one attached hydrogen (secondary N) is 1. The Morgan fingerprint density at radius 3 is 2.69 bits per heavy atom. The Balaban J connectivity index is 2.80. The van der Waals surface area contributed by atoms with Crippen molar-refractivity contribution in [2.24, 2.45) is 5.84 Å². The molecule has 2 heteroatoms. The Kier molecular flexibility index (Phi) is 5.04. The van der Waals surface area contributed by atoms with Gasteiger partial charge >= 0.3 is 0 Å². The van der Waals surface area contributed by atoms with Gasteiger partial charge in [-0.3, -0.25) is 11.3 Å². The number of benzene rings is 1. The molecule has 16 heavy (non-hydrogen) atoms. The van der Waals surface area contributed by atoms with Crippen LogP contribution in [0.3, 0.4) is 0 Å². The molecule has 2 nitrogen and oxygen atoms in total. The van der Waals surface area contributed by atoms with Gasteiger partial charge in [-0.25, -0.2) is 0 Å². The predicted molar refractivity (Wildman–Crippen MR) is 68.7 cm³/mol. The van der Waals surface area contributed by atoms with Crippen molar-refractivity contribution < 1.29 is 0 Å². The maximum Gasteiger partial charge on any atom is 0.0471 e. The fraction of sp³-hybridized carbons (Fsp3) is 0.429. The first-order valence-electron chi connectivity index (χ1n) is 5.62. The number of aryl methyl sites for hydroxylation is 2. The molecule has 0 aromatic heterocycles. The van der Waals surface area contributed by atoms with E-state index in [1.807, 2.05) is 6.92 Å². The second-order valence-corrected chi connectivity index (χ2v) is 4.04. The minimum atomic E-state index is 0.196. The van der Waals surface area contributed by atoms with Gasteiger partial charge in [-0.05, 0) is 38.3 Å². The first-order valence-corrected chi connectivity index (χ1v) is 5.62. The van der Waals surface area contributed by atoms with Crippen LogP contribution in [-0.2, 0) is 0 Å². The van der Waals surface area contributed by atoms with Gasteiger partial charge in [0.25, 0.3) is 0 Å². The molecule has 0 aliphatic carbocycles. The van der Waals surface area contributed by atoms with E-state index in [1.54, 1.807) is 0 Å². The molecule has 1 unspecified atom stereocenters. The van der Waals surface area contributed by atoms with E-state index in [1.165, 1.54) is 16.7 Å². The third-order valence-electron chi connectivity index (χ3n) is 2.74. The smallest absolute Gasteiger partial charge is 0.0471 e. The van der Waals surface area contributed by atoms with Crippen molar-refractivity contribution >= 4 is 0 Å². The molecule has 0 saturated carbocycles. The lowest BCUT2D eigenvalue weighted by molar-refractivity contribution is 0.521. The van der Waals surface area contributed by atoms with E-state index in [4.69, 9.17) is 5.84 Å². The van der Waals surface area contributed by atoms with Gasteiger partial charge in [-0.1, -0.05) is 23.8 Å². The van der Waals surface area contributed by atoms with E-state index in [2.05, 4.69) is 49.3 Å². The second-order valence-electron chi connectivity index (χ2n) is 4.04. The molecule has 0 aliphatic heterocycles. The topological polar surface area (TPSA) is 38.0 Å². The average Bonchev–Trinajstić information content (AvgIpc) is 2.26. The first-order chi connectivity index (χ1) is 7.69. The molecule has 0 saturated heterocycles. The molecule has 0 amide bonds. The molecule has 0 fully saturated rings. The molecule has 0 heterocycles. The van der Waals surface area contributed by atoms with E-state index in [0.29, 0.717) is 0 Å². The summed E-state index contributed by atoms with van der Waals surface area (Å²) in [5.41, 5.74) is 6.71. The minimum Gasteiger partial charge on any atom is -0.271 e. The Bertz CT molecular complexity index is 399. The van der Waals surface area contributed by atoms with Gasteiger partial charge in [-0.15, -0.1) is 11.8 Å². The monoisotopic (exact) mass is 216 g/mol. The molecule has 1 aromatic rings. The molecule has 0 aliphatic rings. The zero-order chi connectivity index (χ0) is 12.0. The Morgan fingerprint density at radius 1 is 1.38 bits per heavy atom. The average molecular weight is 216 g/mol. The molecule has 3 N–H and O–H groups in total. The Labute approximate surface area is 98.2 Å². The second kappa shape index (κ2) is 6.32. The van der Waals surface area contributed by atoms with Crippen molar-refractivity contribution in [1.82, 2.24) is 5.43 Å². The third kappa shape index (κ3) is 3.37. The molecule has 1 atom stereocenters. The molecular formula is C14H20N2. The van der Waals surface area contributed by atoms with Crippen LogP contribution in [0.4, 0.5) is 0 Å². The summed E-state index contributed by atoms with van der Waals surface area (Å²) < 4.78 is 0. The van der Waals surface area contributed by atoms with Gasteiger partial charge in [0.15, 0.2) is 0 Å². The zero-order valence-corrected chi connectivity index (χ0v) is 10.3. The number of hydrazine groups is 1. The lowest BCUT2D eigenvalue weighted by Crippen LogP contribution is -2.28. The maximum atomic E-state index is 5.60. The van der Waals surface area contributed by atoms with Gasteiger partial charge in [-0.2, -0.15) is 0 Å². The molecule has 0 radical (unpaired) electrons. The summed E-state index contributed by atoms with van der Waals surface area (Å²) in [6.07, 6.45) is 1.82.